The van der Waals surface area contributed by atoms with Crippen molar-refractivity contribution in [3.63, 3.8) is 0 Å². The summed E-state index contributed by atoms with van der Waals surface area (Å²) in [5.74, 6) is 0. The Morgan fingerprint density at radius 1 is 0.952 bits per heavy atom. The van der Waals surface area contributed by atoms with E-state index in [9.17, 15) is 0 Å². The van der Waals surface area contributed by atoms with E-state index in [1.54, 1.807) is 0 Å². The molecule has 0 fully saturated rings. The lowest BCUT2D eigenvalue weighted by molar-refractivity contribution is 0.349. The molecule has 0 unspecified atom stereocenters. The molecule has 0 atom stereocenters. The molecule has 2 aromatic rings. The van der Waals surface area contributed by atoms with Crippen molar-refractivity contribution >= 4 is 23.1 Å². The van der Waals surface area contributed by atoms with Gasteiger partial charge in [0, 0.05) is 16.3 Å². The molecule has 0 spiro atoms. The second-order valence-corrected chi connectivity index (χ2v) is 6.52. The monoisotopic (exact) mass is 298 g/mol. The van der Waals surface area contributed by atoms with Crippen molar-refractivity contribution in [2.24, 2.45) is 0 Å². The van der Waals surface area contributed by atoms with Crippen LogP contribution in [0.5, 0.6) is 0 Å². The van der Waals surface area contributed by atoms with Gasteiger partial charge in [0.1, 0.15) is 0 Å². The molecule has 0 radical (unpaired) electrons. The van der Waals surface area contributed by atoms with Crippen molar-refractivity contribution in [1.82, 2.24) is 4.90 Å². The summed E-state index contributed by atoms with van der Waals surface area (Å²) in [6.45, 7) is 5.54. The molecular formula is C18H22N2S. The summed E-state index contributed by atoms with van der Waals surface area (Å²) in [5, 5.41) is 0. The number of hydrogen-bond donors (Lipinski definition) is 0. The molecule has 1 heterocycles. The van der Waals surface area contributed by atoms with Gasteiger partial charge < -0.3 is 9.80 Å². The number of nitrogens with zero attached hydrogens (tertiary/aromatic N) is 2. The summed E-state index contributed by atoms with van der Waals surface area (Å²) < 4.78 is 0. The molecule has 0 aromatic heterocycles. The van der Waals surface area contributed by atoms with Gasteiger partial charge in [0.05, 0.1) is 11.4 Å². The van der Waals surface area contributed by atoms with Crippen LogP contribution in [0.15, 0.2) is 58.3 Å². The van der Waals surface area contributed by atoms with E-state index in [1.807, 2.05) is 11.8 Å². The van der Waals surface area contributed by atoms with Crippen LogP contribution in [0.25, 0.3) is 0 Å². The zero-order valence-corrected chi connectivity index (χ0v) is 13.6. The highest BCUT2D eigenvalue weighted by atomic mass is 32.2. The van der Waals surface area contributed by atoms with Crippen LogP contribution in [0.3, 0.4) is 0 Å². The molecule has 1 aliphatic heterocycles. The molecule has 0 saturated heterocycles. The fourth-order valence-electron chi connectivity index (χ4n) is 2.68. The number of benzene rings is 2. The Labute approximate surface area is 131 Å². The Bertz CT molecular complexity index is 566. The topological polar surface area (TPSA) is 6.48 Å². The van der Waals surface area contributed by atoms with Crippen LogP contribution in [-0.2, 0) is 0 Å². The van der Waals surface area contributed by atoms with Gasteiger partial charge in [-0.05, 0) is 50.8 Å². The van der Waals surface area contributed by atoms with Crippen molar-refractivity contribution in [1.29, 1.82) is 0 Å². The summed E-state index contributed by atoms with van der Waals surface area (Å²) >= 11 is 1.88. The van der Waals surface area contributed by atoms with E-state index < -0.39 is 0 Å². The highest BCUT2D eigenvalue weighted by Gasteiger charge is 2.22. The average Bonchev–Trinajstić information content (AvgIpc) is 2.54. The third-order valence-electron chi connectivity index (χ3n) is 3.99. The van der Waals surface area contributed by atoms with E-state index in [-0.39, 0.29) is 0 Å². The first kappa shape index (κ1) is 14.5. The van der Waals surface area contributed by atoms with Gasteiger partial charge in [0.25, 0.3) is 0 Å². The largest absolute Gasteiger partial charge is 0.340 e. The van der Waals surface area contributed by atoms with Gasteiger partial charge in [0.15, 0.2) is 0 Å². The molecule has 2 nitrogen and oxygen atoms in total. The Morgan fingerprint density at radius 3 is 2.10 bits per heavy atom. The molecule has 0 aliphatic carbocycles. The molecule has 2 aromatic carbocycles. The second kappa shape index (κ2) is 6.54. The van der Waals surface area contributed by atoms with Crippen molar-refractivity contribution in [2.45, 2.75) is 23.1 Å². The van der Waals surface area contributed by atoms with Crippen LogP contribution in [0, 0.1) is 0 Å². The van der Waals surface area contributed by atoms with Crippen LogP contribution in [0.4, 0.5) is 11.4 Å². The summed E-state index contributed by atoms with van der Waals surface area (Å²) in [6, 6.07) is 17.5. The Hall–Kier alpha value is -1.45. The minimum absolute atomic E-state index is 1.07. The lowest BCUT2D eigenvalue weighted by Gasteiger charge is -2.33. The Kier molecular flexibility index (Phi) is 4.51. The van der Waals surface area contributed by atoms with Gasteiger partial charge in [-0.1, -0.05) is 43.0 Å². The zero-order valence-electron chi connectivity index (χ0n) is 12.7. The fourth-order valence-corrected chi connectivity index (χ4v) is 3.77. The number of fused-ring (bicyclic) bond motifs is 2. The fraction of sp³-hybridized carbons (Fsp3) is 0.333. The molecule has 0 bridgehead atoms. The van der Waals surface area contributed by atoms with Crippen molar-refractivity contribution in [3.05, 3.63) is 48.5 Å². The van der Waals surface area contributed by atoms with Crippen LogP contribution < -0.4 is 4.90 Å². The van der Waals surface area contributed by atoms with E-state index >= 15 is 0 Å². The van der Waals surface area contributed by atoms with E-state index in [2.05, 4.69) is 72.3 Å². The number of anilines is 2. The molecule has 1 aliphatic rings. The third-order valence-corrected chi connectivity index (χ3v) is 5.12. The quantitative estimate of drug-likeness (QED) is 0.794. The summed E-state index contributed by atoms with van der Waals surface area (Å²) in [6.07, 6.45) is 1.18. The van der Waals surface area contributed by atoms with E-state index in [1.165, 1.54) is 27.6 Å². The maximum atomic E-state index is 2.48. The first-order valence-electron chi connectivity index (χ1n) is 7.61. The average molecular weight is 298 g/mol. The molecule has 3 heteroatoms. The summed E-state index contributed by atoms with van der Waals surface area (Å²) in [4.78, 5) is 7.57. The SMILES string of the molecule is CCN(C)CCCN1c2ccccc2Sc2ccccc21. The van der Waals surface area contributed by atoms with Crippen molar-refractivity contribution in [3.8, 4) is 0 Å². The molecule has 0 saturated carbocycles. The van der Waals surface area contributed by atoms with Crippen molar-refractivity contribution < 1.29 is 0 Å². The minimum Gasteiger partial charge on any atom is -0.340 e. The van der Waals surface area contributed by atoms with E-state index in [0.717, 1.165) is 19.6 Å². The first-order chi connectivity index (χ1) is 10.3. The van der Waals surface area contributed by atoms with Gasteiger partial charge in [0.2, 0.25) is 0 Å². The van der Waals surface area contributed by atoms with E-state index in [4.69, 9.17) is 0 Å². The predicted molar refractivity (Wildman–Crippen MR) is 91.8 cm³/mol. The third kappa shape index (κ3) is 3.09. The van der Waals surface area contributed by atoms with Gasteiger partial charge in [-0.15, -0.1) is 0 Å². The normalized spacial score (nSPS) is 13.2. The second-order valence-electron chi connectivity index (χ2n) is 5.44. The minimum atomic E-state index is 1.07. The van der Waals surface area contributed by atoms with Crippen LogP contribution in [-0.4, -0.2) is 31.6 Å². The van der Waals surface area contributed by atoms with Crippen molar-refractivity contribution in [2.75, 3.05) is 31.6 Å². The van der Waals surface area contributed by atoms with Gasteiger partial charge in [-0.2, -0.15) is 0 Å². The summed E-state index contributed by atoms with van der Waals surface area (Å²) in [7, 11) is 2.19. The standard InChI is InChI=1S/C18H22N2S/c1-3-19(2)13-8-14-20-15-9-4-6-11-17(15)21-18-12-7-5-10-16(18)20/h4-7,9-12H,3,8,13-14H2,1-2H3. The lowest BCUT2D eigenvalue weighted by Crippen LogP contribution is -2.26. The molecule has 110 valence electrons. The van der Waals surface area contributed by atoms with Crippen LogP contribution >= 0.6 is 11.8 Å². The maximum absolute atomic E-state index is 2.48. The number of rotatable bonds is 5. The van der Waals surface area contributed by atoms with Crippen LogP contribution in [0.2, 0.25) is 0 Å². The highest BCUT2D eigenvalue weighted by Crippen LogP contribution is 2.47. The lowest BCUT2D eigenvalue weighted by atomic mass is 10.2. The Morgan fingerprint density at radius 2 is 1.52 bits per heavy atom. The molecule has 0 N–H and O–H groups in total. The molecule has 21 heavy (non-hydrogen) atoms. The number of hydrogen-bond acceptors (Lipinski definition) is 3. The maximum Gasteiger partial charge on any atom is 0.0552 e. The predicted octanol–water partition coefficient (Wildman–Crippen LogP) is 4.63. The van der Waals surface area contributed by atoms with Gasteiger partial charge in [-0.25, -0.2) is 0 Å². The first-order valence-corrected chi connectivity index (χ1v) is 8.43. The molecule has 0 amide bonds. The molecule has 3 rings (SSSR count). The number of para-hydroxylation sites is 2. The smallest absolute Gasteiger partial charge is 0.0552 e. The van der Waals surface area contributed by atoms with E-state index in [0.29, 0.717) is 0 Å². The van der Waals surface area contributed by atoms with Gasteiger partial charge >= 0.3 is 0 Å². The molecular weight excluding hydrogens is 276 g/mol. The highest BCUT2D eigenvalue weighted by molar-refractivity contribution is 7.99. The van der Waals surface area contributed by atoms with Crippen LogP contribution in [0.1, 0.15) is 13.3 Å². The Balaban J connectivity index is 1.84. The zero-order chi connectivity index (χ0) is 14.7. The summed E-state index contributed by atoms with van der Waals surface area (Å²) in [5.41, 5.74) is 2.70. The van der Waals surface area contributed by atoms with Gasteiger partial charge in [-0.3, -0.25) is 0 Å².